The first-order valence-corrected chi connectivity index (χ1v) is 7.36. The van der Waals surface area contributed by atoms with Gasteiger partial charge in [0.05, 0.1) is 17.4 Å². The summed E-state index contributed by atoms with van der Waals surface area (Å²) in [6, 6.07) is 19.2. The second-order valence-corrected chi connectivity index (χ2v) is 5.22. The van der Waals surface area contributed by atoms with E-state index in [0.29, 0.717) is 5.56 Å². The van der Waals surface area contributed by atoms with Gasteiger partial charge < -0.3 is 10.6 Å². The maximum absolute atomic E-state index is 12.4. The molecule has 4 nitrogen and oxygen atoms in total. The minimum atomic E-state index is -0.177. The van der Waals surface area contributed by atoms with E-state index in [1.807, 2.05) is 61.5 Å². The average Bonchev–Trinajstić information content (AvgIpc) is 2.58. The van der Waals surface area contributed by atoms with Gasteiger partial charge in [-0.15, -0.1) is 0 Å². The second-order valence-electron chi connectivity index (χ2n) is 5.22. The molecule has 0 aliphatic rings. The molecule has 0 saturated carbocycles. The summed E-state index contributed by atoms with van der Waals surface area (Å²) in [6.07, 6.45) is 3.25. The Morgan fingerprint density at radius 1 is 0.913 bits per heavy atom. The Morgan fingerprint density at radius 2 is 1.65 bits per heavy atom. The lowest BCUT2D eigenvalue weighted by Gasteiger charge is -2.10. The molecule has 0 saturated heterocycles. The number of nitrogens with one attached hydrogen (secondary N) is 2. The van der Waals surface area contributed by atoms with Gasteiger partial charge >= 0.3 is 0 Å². The smallest absolute Gasteiger partial charge is 0.257 e. The number of hydrogen-bond acceptors (Lipinski definition) is 3. The van der Waals surface area contributed by atoms with Gasteiger partial charge in [-0.05, 0) is 36.8 Å². The molecule has 3 aromatic rings. The Bertz CT molecular complexity index is 816. The number of rotatable bonds is 4. The van der Waals surface area contributed by atoms with Crippen LogP contribution in [0.25, 0.3) is 0 Å². The van der Waals surface area contributed by atoms with Crippen molar-refractivity contribution in [1.82, 2.24) is 4.98 Å². The number of nitrogens with zero attached hydrogens (tertiary/aromatic N) is 1. The summed E-state index contributed by atoms with van der Waals surface area (Å²) in [7, 11) is 0. The number of aromatic nitrogens is 1. The zero-order valence-corrected chi connectivity index (χ0v) is 12.8. The number of aryl methyl sites for hydroxylation is 1. The maximum Gasteiger partial charge on any atom is 0.257 e. The molecule has 0 unspecified atom stereocenters. The molecule has 0 atom stereocenters. The van der Waals surface area contributed by atoms with Gasteiger partial charge in [0.1, 0.15) is 0 Å². The highest BCUT2D eigenvalue weighted by molar-refractivity contribution is 6.05. The normalized spacial score (nSPS) is 10.1. The Morgan fingerprint density at radius 3 is 2.43 bits per heavy atom. The van der Waals surface area contributed by atoms with Crippen LogP contribution in [0, 0.1) is 6.92 Å². The number of hydrogen-bond donors (Lipinski definition) is 2. The van der Waals surface area contributed by atoms with Gasteiger partial charge in [-0.3, -0.25) is 9.78 Å². The molecule has 4 heteroatoms. The molecule has 0 spiro atoms. The monoisotopic (exact) mass is 303 g/mol. The molecule has 1 heterocycles. The van der Waals surface area contributed by atoms with Gasteiger partial charge in [-0.25, -0.2) is 0 Å². The predicted molar refractivity (Wildman–Crippen MR) is 93.1 cm³/mol. The summed E-state index contributed by atoms with van der Waals surface area (Å²) < 4.78 is 0. The quantitative estimate of drug-likeness (QED) is 0.751. The first-order valence-electron chi connectivity index (χ1n) is 7.36. The highest BCUT2D eigenvalue weighted by Crippen LogP contribution is 2.18. The van der Waals surface area contributed by atoms with Crippen LogP contribution in [0.3, 0.4) is 0 Å². The van der Waals surface area contributed by atoms with Crippen LogP contribution < -0.4 is 10.6 Å². The molecular formula is C19H17N3O. The van der Waals surface area contributed by atoms with Gasteiger partial charge in [0.25, 0.3) is 5.91 Å². The molecule has 0 aliphatic carbocycles. The van der Waals surface area contributed by atoms with Crippen LogP contribution in [0.15, 0.2) is 73.1 Å². The molecule has 23 heavy (non-hydrogen) atoms. The predicted octanol–water partition coefficient (Wildman–Crippen LogP) is 4.39. The Labute approximate surface area is 135 Å². The minimum absolute atomic E-state index is 0.177. The summed E-state index contributed by atoms with van der Waals surface area (Å²) in [5, 5.41) is 6.14. The van der Waals surface area contributed by atoms with E-state index in [0.717, 1.165) is 22.6 Å². The number of anilines is 3. The fourth-order valence-corrected chi connectivity index (χ4v) is 2.23. The van der Waals surface area contributed by atoms with Crippen LogP contribution in [-0.2, 0) is 0 Å². The fraction of sp³-hybridized carbons (Fsp3) is 0.0526. The SMILES string of the molecule is Cc1ccccc1NC(=O)c1cncc(Nc2ccccc2)c1. The van der Waals surface area contributed by atoms with E-state index in [4.69, 9.17) is 0 Å². The minimum Gasteiger partial charge on any atom is -0.354 e. The topological polar surface area (TPSA) is 54.0 Å². The number of pyridine rings is 1. The van der Waals surface area contributed by atoms with Crippen molar-refractivity contribution in [2.24, 2.45) is 0 Å². The zero-order chi connectivity index (χ0) is 16.1. The Hall–Kier alpha value is -3.14. The first-order chi connectivity index (χ1) is 11.2. The Balaban J connectivity index is 1.77. The van der Waals surface area contributed by atoms with E-state index in [1.54, 1.807) is 18.5 Å². The first kappa shape index (κ1) is 14.8. The molecule has 0 radical (unpaired) electrons. The Kier molecular flexibility index (Phi) is 4.34. The van der Waals surface area contributed by atoms with Crippen molar-refractivity contribution in [3.05, 3.63) is 84.2 Å². The largest absolute Gasteiger partial charge is 0.354 e. The van der Waals surface area contributed by atoms with Crippen molar-refractivity contribution in [2.45, 2.75) is 6.92 Å². The highest BCUT2D eigenvalue weighted by Gasteiger charge is 2.09. The van der Waals surface area contributed by atoms with Gasteiger partial charge in [0, 0.05) is 17.6 Å². The van der Waals surface area contributed by atoms with Crippen molar-refractivity contribution in [2.75, 3.05) is 10.6 Å². The van der Waals surface area contributed by atoms with Crippen LogP contribution >= 0.6 is 0 Å². The molecule has 0 aliphatic heterocycles. The van der Waals surface area contributed by atoms with Gasteiger partial charge in [-0.1, -0.05) is 36.4 Å². The number of carbonyl (C=O) groups is 1. The lowest BCUT2D eigenvalue weighted by molar-refractivity contribution is 0.102. The van der Waals surface area contributed by atoms with E-state index in [2.05, 4.69) is 15.6 Å². The number of benzene rings is 2. The molecule has 114 valence electrons. The molecule has 0 bridgehead atoms. The van der Waals surface area contributed by atoms with Gasteiger partial charge in [-0.2, -0.15) is 0 Å². The number of amides is 1. The summed E-state index contributed by atoms with van der Waals surface area (Å²) >= 11 is 0. The van der Waals surface area contributed by atoms with Crippen molar-refractivity contribution in [3.63, 3.8) is 0 Å². The summed E-state index contributed by atoms with van der Waals surface area (Å²) in [6.45, 7) is 1.96. The van der Waals surface area contributed by atoms with Crippen LogP contribution in [-0.4, -0.2) is 10.9 Å². The van der Waals surface area contributed by atoms with Gasteiger partial charge in [0.15, 0.2) is 0 Å². The average molecular weight is 303 g/mol. The highest BCUT2D eigenvalue weighted by atomic mass is 16.1. The third-order valence-electron chi connectivity index (χ3n) is 3.46. The summed E-state index contributed by atoms with van der Waals surface area (Å²) in [5.41, 5.74) is 4.06. The molecule has 1 amide bonds. The van der Waals surface area contributed by atoms with Crippen LogP contribution in [0.2, 0.25) is 0 Å². The number of para-hydroxylation sites is 2. The lowest BCUT2D eigenvalue weighted by Crippen LogP contribution is -2.13. The van der Waals surface area contributed by atoms with Crippen molar-refractivity contribution < 1.29 is 4.79 Å². The summed E-state index contributed by atoms with van der Waals surface area (Å²) in [5.74, 6) is -0.177. The molecule has 3 rings (SSSR count). The van der Waals surface area contributed by atoms with E-state index in [9.17, 15) is 4.79 Å². The standard InChI is InChI=1S/C19H17N3O/c1-14-7-5-6-10-18(14)22-19(23)15-11-17(13-20-12-15)21-16-8-3-2-4-9-16/h2-13,21H,1H3,(H,22,23). The molecule has 2 N–H and O–H groups in total. The van der Waals surface area contributed by atoms with Gasteiger partial charge in [0.2, 0.25) is 0 Å². The van der Waals surface area contributed by atoms with Crippen molar-refractivity contribution >= 4 is 23.0 Å². The van der Waals surface area contributed by atoms with E-state index < -0.39 is 0 Å². The van der Waals surface area contributed by atoms with Crippen LogP contribution in [0.1, 0.15) is 15.9 Å². The van der Waals surface area contributed by atoms with E-state index in [1.165, 1.54) is 0 Å². The lowest BCUT2D eigenvalue weighted by atomic mass is 10.2. The van der Waals surface area contributed by atoms with Crippen molar-refractivity contribution in [1.29, 1.82) is 0 Å². The van der Waals surface area contributed by atoms with Crippen molar-refractivity contribution in [3.8, 4) is 0 Å². The molecule has 2 aromatic carbocycles. The third-order valence-corrected chi connectivity index (χ3v) is 3.46. The molecule has 1 aromatic heterocycles. The van der Waals surface area contributed by atoms with E-state index >= 15 is 0 Å². The summed E-state index contributed by atoms with van der Waals surface area (Å²) in [4.78, 5) is 16.5. The van der Waals surface area contributed by atoms with Crippen LogP contribution in [0.4, 0.5) is 17.1 Å². The van der Waals surface area contributed by atoms with E-state index in [-0.39, 0.29) is 5.91 Å². The molecular weight excluding hydrogens is 286 g/mol. The fourth-order valence-electron chi connectivity index (χ4n) is 2.23. The number of carbonyl (C=O) groups excluding carboxylic acids is 1. The zero-order valence-electron chi connectivity index (χ0n) is 12.8. The molecule has 0 fully saturated rings. The second kappa shape index (κ2) is 6.75. The maximum atomic E-state index is 12.4. The van der Waals surface area contributed by atoms with Crippen LogP contribution in [0.5, 0.6) is 0 Å². The third kappa shape index (κ3) is 3.74.